The molecule has 2 aromatic carbocycles. The normalized spacial score (nSPS) is 24.5. The number of rotatable bonds is 2. The monoisotopic (exact) mass is 418 g/mol. The van der Waals surface area contributed by atoms with Crippen molar-refractivity contribution in [1.82, 2.24) is 0 Å². The summed E-state index contributed by atoms with van der Waals surface area (Å²) in [6, 6.07) is 16.1. The molecule has 162 valence electrons. The summed E-state index contributed by atoms with van der Waals surface area (Å²) in [6.45, 7) is 4.77. The van der Waals surface area contributed by atoms with Crippen LogP contribution in [0.4, 0.5) is 11.4 Å². The van der Waals surface area contributed by atoms with Crippen molar-refractivity contribution < 1.29 is 14.3 Å². The van der Waals surface area contributed by atoms with Crippen molar-refractivity contribution in [3.63, 3.8) is 0 Å². The second kappa shape index (κ2) is 7.79. The van der Waals surface area contributed by atoms with Gasteiger partial charge in [-0.1, -0.05) is 49.2 Å². The van der Waals surface area contributed by atoms with Crippen LogP contribution in [-0.4, -0.2) is 37.1 Å². The van der Waals surface area contributed by atoms with E-state index in [-0.39, 0.29) is 29.4 Å². The van der Waals surface area contributed by atoms with Gasteiger partial charge in [0, 0.05) is 13.5 Å². The summed E-state index contributed by atoms with van der Waals surface area (Å²) in [5.74, 6) is 0.0284. The van der Waals surface area contributed by atoms with Crippen molar-refractivity contribution >= 4 is 23.2 Å². The highest BCUT2D eigenvalue weighted by atomic mass is 16.5. The summed E-state index contributed by atoms with van der Waals surface area (Å²) in [4.78, 5) is 29.8. The Morgan fingerprint density at radius 1 is 1.00 bits per heavy atom. The number of carbonyl (C=O) groups is 2. The number of anilines is 2. The summed E-state index contributed by atoms with van der Waals surface area (Å²) in [5.41, 5.74) is 3.92. The molecule has 3 aliphatic rings. The highest BCUT2D eigenvalue weighted by Crippen LogP contribution is 2.48. The molecule has 1 saturated heterocycles. The van der Waals surface area contributed by atoms with Crippen LogP contribution in [-0.2, 0) is 14.3 Å². The van der Waals surface area contributed by atoms with Gasteiger partial charge in [0.25, 0.3) is 5.91 Å². The van der Waals surface area contributed by atoms with Crippen LogP contribution in [0.15, 0.2) is 48.5 Å². The molecule has 5 rings (SSSR count). The van der Waals surface area contributed by atoms with Crippen LogP contribution in [0.2, 0.25) is 0 Å². The van der Waals surface area contributed by atoms with Gasteiger partial charge < -0.3 is 14.5 Å². The number of ether oxygens (including phenoxy) is 1. The Morgan fingerprint density at radius 2 is 1.74 bits per heavy atom. The molecule has 2 aromatic rings. The van der Waals surface area contributed by atoms with E-state index >= 15 is 0 Å². The van der Waals surface area contributed by atoms with Gasteiger partial charge in [0.2, 0.25) is 5.91 Å². The Kier molecular flexibility index (Phi) is 5.09. The van der Waals surface area contributed by atoms with Crippen LogP contribution < -0.4 is 9.80 Å². The highest BCUT2D eigenvalue weighted by Gasteiger charge is 2.47. The fourth-order valence-corrected chi connectivity index (χ4v) is 5.72. The van der Waals surface area contributed by atoms with Crippen LogP contribution in [0.25, 0.3) is 11.1 Å². The van der Waals surface area contributed by atoms with Crippen molar-refractivity contribution in [1.29, 1.82) is 0 Å². The van der Waals surface area contributed by atoms with Gasteiger partial charge in [0.15, 0.2) is 0 Å². The van der Waals surface area contributed by atoms with Gasteiger partial charge in [-0.2, -0.15) is 0 Å². The summed E-state index contributed by atoms with van der Waals surface area (Å²) < 4.78 is 6.07. The van der Waals surface area contributed by atoms with E-state index in [1.165, 1.54) is 25.7 Å². The topological polar surface area (TPSA) is 49.9 Å². The van der Waals surface area contributed by atoms with Crippen molar-refractivity contribution in [2.24, 2.45) is 5.41 Å². The SMILES string of the molecule is CC(=O)N1c2ccc(-c3ccccc3)cc2N(C(=O)C2CC3(CCCC3)CO2)C[C@@H]1C. The molecule has 1 spiro atoms. The number of carbonyl (C=O) groups excluding carboxylic acids is 2. The largest absolute Gasteiger partial charge is 0.368 e. The van der Waals surface area contributed by atoms with Crippen molar-refractivity contribution in [3.05, 3.63) is 48.5 Å². The summed E-state index contributed by atoms with van der Waals surface area (Å²) >= 11 is 0. The zero-order chi connectivity index (χ0) is 21.6. The Balaban J connectivity index is 1.52. The number of fused-ring (bicyclic) bond motifs is 1. The first-order valence-corrected chi connectivity index (χ1v) is 11.4. The molecule has 0 radical (unpaired) electrons. The van der Waals surface area contributed by atoms with Gasteiger partial charge in [0.05, 0.1) is 24.0 Å². The Hall–Kier alpha value is -2.66. The first kappa shape index (κ1) is 20.3. The maximum Gasteiger partial charge on any atom is 0.256 e. The van der Waals surface area contributed by atoms with E-state index < -0.39 is 0 Å². The lowest BCUT2D eigenvalue weighted by Crippen LogP contribution is -2.53. The number of hydrogen-bond acceptors (Lipinski definition) is 3. The molecule has 5 nitrogen and oxygen atoms in total. The number of benzene rings is 2. The summed E-state index contributed by atoms with van der Waals surface area (Å²) in [6.07, 6.45) is 5.24. The first-order valence-electron chi connectivity index (χ1n) is 11.4. The van der Waals surface area contributed by atoms with Gasteiger partial charge in [0.1, 0.15) is 6.10 Å². The van der Waals surface area contributed by atoms with Crippen molar-refractivity contribution in [2.45, 2.75) is 58.1 Å². The fraction of sp³-hybridized carbons (Fsp3) is 0.462. The molecule has 0 aromatic heterocycles. The molecule has 1 saturated carbocycles. The van der Waals surface area contributed by atoms with Gasteiger partial charge in [-0.05, 0) is 54.9 Å². The third kappa shape index (κ3) is 3.55. The maximum absolute atomic E-state index is 13.7. The second-order valence-corrected chi connectivity index (χ2v) is 9.47. The zero-order valence-corrected chi connectivity index (χ0v) is 18.3. The lowest BCUT2D eigenvalue weighted by atomic mass is 9.83. The Morgan fingerprint density at radius 3 is 2.45 bits per heavy atom. The molecule has 2 amide bonds. The molecular formula is C26H30N2O3. The molecule has 31 heavy (non-hydrogen) atoms. The second-order valence-electron chi connectivity index (χ2n) is 9.47. The number of hydrogen-bond donors (Lipinski definition) is 0. The maximum atomic E-state index is 13.7. The number of amides is 2. The van der Waals surface area contributed by atoms with Crippen LogP contribution in [0.3, 0.4) is 0 Å². The lowest BCUT2D eigenvalue weighted by molar-refractivity contribution is -0.127. The molecule has 0 N–H and O–H groups in total. The molecule has 1 aliphatic carbocycles. The smallest absolute Gasteiger partial charge is 0.256 e. The van der Waals surface area contributed by atoms with Gasteiger partial charge in [-0.3, -0.25) is 9.59 Å². The van der Waals surface area contributed by atoms with Gasteiger partial charge in [-0.15, -0.1) is 0 Å². The molecule has 2 aliphatic heterocycles. The Bertz CT molecular complexity index is 997. The van der Waals surface area contributed by atoms with E-state index in [1.54, 1.807) is 6.92 Å². The molecule has 2 atom stereocenters. The standard InChI is InChI=1S/C26H30N2O3/c1-18-16-27(25(30)24-15-26(17-31-24)12-6-7-13-26)23-14-21(20-8-4-3-5-9-20)10-11-22(23)28(18)19(2)29/h3-5,8-11,14,18,24H,6-7,12-13,15-17H2,1-2H3/t18-,24?/m0/s1. The van der Waals surface area contributed by atoms with E-state index in [1.807, 2.05) is 53.1 Å². The minimum absolute atomic E-state index is 0.00432. The van der Waals surface area contributed by atoms with Crippen LogP contribution in [0, 0.1) is 5.41 Å². The van der Waals surface area contributed by atoms with Crippen LogP contribution in [0.5, 0.6) is 0 Å². The van der Waals surface area contributed by atoms with Gasteiger partial charge in [-0.25, -0.2) is 0 Å². The van der Waals surface area contributed by atoms with E-state index in [0.717, 1.165) is 28.9 Å². The van der Waals surface area contributed by atoms with Crippen LogP contribution >= 0.6 is 0 Å². The van der Waals surface area contributed by atoms with E-state index in [9.17, 15) is 9.59 Å². The fourth-order valence-electron chi connectivity index (χ4n) is 5.72. The zero-order valence-electron chi connectivity index (χ0n) is 18.3. The van der Waals surface area contributed by atoms with E-state index in [0.29, 0.717) is 13.2 Å². The van der Waals surface area contributed by atoms with Gasteiger partial charge >= 0.3 is 0 Å². The van der Waals surface area contributed by atoms with Crippen molar-refractivity contribution in [2.75, 3.05) is 23.0 Å². The molecule has 1 unspecified atom stereocenters. The molecule has 5 heteroatoms. The third-order valence-electron chi connectivity index (χ3n) is 7.27. The highest BCUT2D eigenvalue weighted by molar-refractivity contribution is 6.06. The summed E-state index contributed by atoms with van der Waals surface area (Å²) in [5, 5.41) is 0. The quantitative estimate of drug-likeness (QED) is 0.705. The Labute approximate surface area is 184 Å². The molecular weight excluding hydrogens is 388 g/mol. The van der Waals surface area contributed by atoms with Crippen LogP contribution in [0.1, 0.15) is 46.0 Å². The van der Waals surface area contributed by atoms with E-state index in [2.05, 4.69) is 12.1 Å². The summed E-state index contributed by atoms with van der Waals surface area (Å²) in [7, 11) is 0. The predicted octanol–water partition coefficient (Wildman–Crippen LogP) is 4.79. The molecule has 2 fully saturated rings. The molecule has 0 bridgehead atoms. The third-order valence-corrected chi connectivity index (χ3v) is 7.27. The minimum atomic E-state index is -0.387. The first-order chi connectivity index (χ1) is 15.0. The van der Waals surface area contributed by atoms with E-state index in [4.69, 9.17) is 4.74 Å². The molecule has 2 heterocycles. The predicted molar refractivity (Wildman–Crippen MR) is 122 cm³/mol. The average molecular weight is 419 g/mol. The van der Waals surface area contributed by atoms with Crippen molar-refractivity contribution in [3.8, 4) is 11.1 Å². The average Bonchev–Trinajstić information content (AvgIpc) is 3.42. The number of nitrogens with zero attached hydrogens (tertiary/aromatic N) is 2. The minimum Gasteiger partial charge on any atom is -0.368 e. The lowest BCUT2D eigenvalue weighted by Gasteiger charge is -2.41.